The van der Waals surface area contributed by atoms with E-state index in [2.05, 4.69) is 18.8 Å². The van der Waals surface area contributed by atoms with Gasteiger partial charge in [-0.1, -0.05) is 29.3 Å². The molecule has 4 nitrogen and oxygen atoms in total. The van der Waals surface area contributed by atoms with E-state index in [0.29, 0.717) is 27.9 Å². The highest BCUT2D eigenvalue weighted by Crippen LogP contribution is 2.36. The Labute approximate surface area is 159 Å². The number of benzene rings is 1. The minimum atomic E-state index is -0.210. The van der Waals surface area contributed by atoms with Crippen LogP contribution in [-0.2, 0) is 24.3 Å². The maximum Gasteiger partial charge on any atom is 0.271 e. The van der Waals surface area contributed by atoms with Crippen LogP contribution in [0.25, 0.3) is 10.2 Å². The van der Waals surface area contributed by atoms with Crippen molar-refractivity contribution >= 4 is 44.8 Å². The van der Waals surface area contributed by atoms with E-state index >= 15 is 0 Å². The van der Waals surface area contributed by atoms with Gasteiger partial charge in [-0.3, -0.25) is 9.36 Å². The van der Waals surface area contributed by atoms with E-state index in [-0.39, 0.29) is 11.2 Å². The second kappa shape index (κ2) is 6.09. The van der Waals surface area contributed by atoms with Crippen molar-refractivity contribution in [3.63, 3.8) is 0 Å². The van der Waals surface area contributed by atoms with Gasteiger partial charge in [-0.05, 0) is 26.0 Å². The summed E-state index contributed by atoms with van der Waals surface area (Å²) < 4.78 is 8.10. The van der Waals surface area contributed by atoms with Crippen molar-refractivity contribution in [1.29, 1.82) is 0 Å². The van der Waals surface area contributed by atoms with Crippen LogP contribution in [-0.4, -0.2) is 15.2 Å². The predicted molar refractivity (Wildman–Crippen MR) is 102 cm³/mol. The molecule has 0 N–H and O–H groups in total. The third-order valence-corrected chi connectivity index (χ3v) is 6.35. The minimum Gasteiger partial charge on any atom is -0.370 e. The van der Waals surface area contributed by atoms with Gasteiger partial charge in [0, 0.05) is 32.5 Å². The zero-order chi connectivity index (χ0) is 17.8. The molecule has 1 aliphatic heterocycles. The Kier molecular flexibility index (Phi) is 4.15. The lowest BCUT2D eigenvalue weighted by Gasteiger charge is -2.29. The zero-order valence-electron chi connectivity index (χ0n) is 13.8. The highest BCUT2D eigenvalue weighted by Gasteiger charge is 2.30. The third-order valence-electron chi connectivity index (χ3n) is 4.43. The summed E-state index contributed by atoms with van der Waals surface area (Å²) in [6.07, 6.45) is 2.36. The third kappa shape index (κ3) is 2.99. The number of halogens is 2. The molecule has 7 heteroatoms. The van der Waals surface area contributed by atoms with Gasteiger partial charge >= 0.3 is 0 Å². The van der Waals surface area contributed by atoms with Crippen LogP contribution in [0.3, 0.4) is 0 Å². The van der Waals surface area contributed by atoms with Gasteiger partial charge in [0.25, 0.3) is 5.56 Å². The van der Waals surface area contributed by atoms with E-state index in [0.717, 1.165) is 23.1 Å². The molecular weight excluding hydrogens is 379 g/mol. The first-order valence-corrected chi connectivity index (χ1v) is 9.49. The number of thiophene rings is 1. The van der Waals surface area contributed by atoms with E-state index in [1.807, 2.05) is 0 Å². The lowest BCUT2D eigenvalue weighted by atomic mass is 9.98. The smallest absolute Gasteiger partial charge is 0.271 e. The second-order valence-electron chi connectivity index (χ2n) is 6.78. The SMILES string of the molecule is CC1(C)Cc2sc3c(=O)n(Cc4c(Cl)cccc4Cl)cnc3c2CO1. The average molecular weight is 395 g/mol. The van der Waals surface area contributed by atoms with E-state index in [1.54, 1.807) is 29.1 Å². The summed E-state index contributed by atoms with van der Waals surface area (Å²) >= 11 is 14.0. The van der Waals surface area contributed by atoms with Crippen molar-refractivity contribution in [3.8, 4) is 0 Å². The van der Waals surface area contributed by atoms with Crippen LogP contribution in [0.1, 0.15) is 29.9 Å². The van der Waals surface area contributed by atoms with Gasteiger partial charge in [0.15, 0.2) is 0 Å². The fourth-order valence-electron chi connectivity index (χ4n) is 3.06. The van der Waals surface area contributed by atoms with Crippen LogP contribution >= 0.6 is 34.5 Å². The van der Waals surface area contributed by atoms with E-state index in [4.69, 9.17) is 27.9 Å². The first kappa shape index (κ1) is 17.0. The van der Waals surface area contributed by atoms with Crippen LogP contribution in [0.4, 0.5) is 0 Å². The van der Waals surface area contributed by atoms with Crippen LogP contribution in [0.15, 0.2) is 29.3 Å². The largest absolute Gasteiger partial charge is 0.370 e. The van der Waals surface area contributed by atoms with Gasteiger partial charge in [-0.2, -0.15) is 0 Å². The molecule has 0 radical (unpaired) electrons. The number of aromatic nitrogens is 2. The molecule has 1 aliphatic rings. The molecule has 0 unspecified atom stereocenters. The average Bonchev–Trinajstić information content (AvgIpc) is 2.90. The topological polar surface area (TPSA) is 44.1 Å². The predicted octanol–water partition coefficient (Wildman–Crippen LogP) is 4.66. The summed E-state index contributed by atoms with van der Waals surface area (Å²) in [5, 5.41) is 1.08. The first-order chi connectivity index (χ1) is 11.9. The monoisotopic (exact) mass is 394 g/mol. The summed E-state index contributed by atoms with van der Waals surface area (Å²) in [5.74, 6) is 0. The molecule has 0 saturated carbocycles. The molecule has 4 rings (SSSR count). The molecule has 0 fully saturated rings. The molecular formula is C18H16Cl2N2O2S. The summed E-state index contributed by atoms with van der Waals surface area (Å²) in [5.41, 5.74) is 2.23. The van der Waals surface area contributed by atoms with Crippen molar-refractivity contribution < 1.29 is 4.74 Å². The van der Waals surface area contributed by atoms with Crippen LogP contribution < -0.4 is 5.56 Å². The molecule has 0 saturated heterocycles. The number of hydrogen-bond donors (Lipinski definition) is 0. The molecule has 0 amide bonds. The van der Waals surface area contributed by atoms with Gasteiger partial charge in [0.2, 0.25) is 0 Å². The Morgan fingerprint density at radius 1 is 1.32 bits per heavy atom. The fourth-order valence-corrected chi connectivity index (χ4v) is 5.00. The van der Waals surface area contributed by atoms with Crippen molar-refractivity contribution in [2.45, 2.75) is 39.0 Å². The number of fused-ring (bicyclic) bond motifs is 3. The summed E-state index contributed by atoms with van der Waals surface area (Å²) in [6, 6.07) is 5.32. The maximum absolute atomic E-state index is 12.9. The van der Waals surface area contributed by atoms with Crippen LogP contribution in [0.2, 0.25) is 10.0 Å². The second-order valence-corrected chi connectivity index (χ2v) is 8.70. The lowest BCUT2D eigenvalue weighted by Crippen LogP contribution is -2.30. The molecule has 0 bridgehead atoms. The van der Waals surface area contributed by atoms with Gasteiger partial charge in [0.1, 0.15) is 4.70 Å². The molecule has 3 aromatic rings. The summed E-state index contributed by atoms with van der Waals surface area (Å²) in [4.78, 5) is 18.7. The Morgan fingerprint density at radius 2 is 2.04 bits per heavy atom. The van der Waals surface area contributed by atoms with Gasteiger partial charge < -0.3 is 4.74 Å². The number of hydrogen-bond acceptors (Lipinski definition) is 4. The molecule has 3 heterocycles. The van der Waals surface area contributed by atoms with Crippen molar-refractivity contribution in [2.24, 2.45) is 0 Å². The van der Waals surface area contributed by atoms with Gasteiger partial charge in [-0.15, -0.1) is 11.3 Å². The Balaban J connectivity index is 1.80. The van der Waals surface area contributed by atoms with Crippen LogP contribution in [0.5, 0.6) is 0 Å². The molecule has 2 aromatic heterocycles. The zero-order valence-corrected chi connectivity index (χ0v) is 16.1. The summed E-state index contributed by atoms with van der Waals surface area (Å²) in [7, 11) is 0. The number of nitrogens with zero attached hydrogens (tertiary/aromatic N) is 2. The van der Waals surface area contributed by atoms with Crippen molar-refractivity contribution in [1.82, 2.24) is 9.55 Å². The maximum atomic E-state index is 12.9. The Bertz CT molecular complexity index is 1020. The molecule has 0 atom stereocenters. The highest BCUT2D eigenvalue weighted by atomic mass is 35.5. The van der Waals surface area contributed by atoms with Crippen LogP contribution in [0, 0.1) is 0 Å². The Hall–Kier alpha value is -1.40. The van der Waals surface area contributed by atoms with Crippen molar-refractivity contribution in [3.05, 3.63) is 60.9 Å². The quantitative estimate of drug-likeness (QED) is 0.634. The molecule has 1 aromatic carbocycles. The highest BCUT2D eigenvalue weighted by molar-refractivity contribution is 7.19. The normalized spacial score (nSPS) is 16.2. The van der Waals surface area contributed by atoms with Gasteiger partial charge in [0.05, 0.1) is 30.6 Å². The number of ether oxygens (including phenoxy) is 1. The van der Waals surface area contributed by atoms with E-state index in [9.17, 15) is 4.79 Å². The van der Waals surface area contributed by atoms with Gasteiger partial charge in [-0.25, -0.2) is 4.98 Å². The first-order valence-electron chi connectivity index (χ1n) is 7.92. The molecule has 0 aliphatic carbocycles. The fraction of sp³-hybridized carbons (Fsp3) is 0.333. The molecule has 0 spiro atoms. The lowest BCUT2D eigenvalue weighted by molar-refractivity contribution is -0.0383. The van der Waals surface area contributed by atoms with E-state index < -0.39 is 0 Å². The molecule has 25 heavy (non-hydrogen) atoms. The summed E-state index contributed by atoms with van der Waals surface area (Å²) in [6.45, 7) is 4.91. The number of rotatable bonds is 2. The van der Waals surface area contributed by atoms with E-state index in [1.165, 1.54) is 16.2 Å². The minimum absolute atomic E-state index is 0.0711. The van der Waals surface area contributed by atoms with Crippen molar-refractivity contribution in [2.75, 3.05) is 0 Å². The standard InChI is InChI=1S/C18H16Cl2N2O2S/c1-18(2)6-14-11(8-24-18)15-16(25-14)17(23)22(9-21-15)7-10-12(19)4-3-5-13(10)20/h3-5,9H,6-8H2,1-2H3. The molecule has 130 valence electrons. The Morgan fingerprint density at radius 3 is 2.76 bits per heavy atom.